The molecular formula is C15H24N2O2S. The van der Waals surface area contributed by atoms with E-state index in [2.05, 4.69) is 36.9 Å². The largest absolute Gasteiger partial charge is 0.369 e. The summed E-state index contributed by atoms with van der Waals surface area (Å²) >= 11 is 0. The Labute approximate surface area is 122 Å². The van der Waals surface area contributed by atoms with Gasteiger partial charge in [-0.2, -0.15) is 4.31 Å². The van der Waals surface area contributed by atoms with Crippen LogP contribution < -0.4 is 4.90 Å². The molecule has 0 N–H and O–H groups in total. The maximum atomic E-state index is 12.1. The molecule has 1 aliphatic rings. The molecule has 0 saturated carbocycles. The molecule has 1 aromatic rings. The van der Waals surface area contributed by atoms with Crippen molar-refractivity contribution in [3.8, 4) is 0 Å². The number of benzene rings is 1. The zero-order valence-electron chi connectivity index (χ0n) is 12.6. The number of hydrogen-bond donors (Lipinski definition) is 0. The Bertz CT molecular complexity index is 561. The van der Waals surface area contributed by atoms with E-state index in [1.165, 1.54) is 16.8 Å². The van der Waals surface area contributed by atoms with Gasteiger partial charge in [0.1, 0.15) is 0 Å². The monoisotopic (exact) mass is 296 g/mol. The Hall–Kier alpha value is -1.07. The lowest BCUT2D eigenvalue weighted by molar-refractivity contribution is 0.384. The van der Waals surface area contributed by atoms with E-state index in [-0.39, 0.29) is 5.75 Å². The molecular weight excluding hydrogens is 272 g/mol. The molecule has 1 fully saturated rings. The van der Waals surface area contributed by atoms with Gasteiger partial charge in [0.15, 0.2) is 0 Å². The number of piperazine rings is 1. The summed E-state index contributed by atoms with van der Waals surface area (Å²) in [6, 6.07) is 6.43. The van der Waals surface area contributed by atoms with Gasteiger partial charge >= 0.3 is 0 Å². The van der Waals surface area contributed by atoms with E-state index in [0.717, 1.165) is 13.1 Å². The first kappa shape index (κ1) is 15.3. The predicted octanol–water partition coefficient (Wildman–Crippen LogP) is 2.17. The topological polar surface area (TPSA) is 40.6 Å². The standard InChI is InChI=1S/C15H24N2O2S/c1-4-11-20(18,19)17-9-7-16(8-10-17)15-12-13(2)5-6-14(15)3/h5-6,12H,4,7-11H2,1-3H3. The second-order valence-corrected chi connectivity index (χ2v) is 7.58. The highest BCUT2D eigenvalue weighted by Crippen LogP contribution is 2.23. The zero-order valence-corrected chi connectivity index (χ0v) is 13.4. The number of hydrogen-bond acceptors (Lipinski definition) is 3. The van der Waals surface area contributed by atoms with Gasteiger partial charge in [0.05, 0.1) is 5.75 Å². The van der Waals surface area contributed by atoms with Gasteiger partial charge in [0.2, 0.25) is 10.0 Å². The van der Waals surface area contributed by atoms with Crippen molar-refractivity contribution in [3.05, 3.63) is 29.3 Å². The molecule has 0 aromatic heterocycles. The molecule has 112 valence electrons. The Kier molecular flexibility index (Phi) is 4.70. The first-order chi connectivity index (χ1) is 9.44. The van der Waals surface area contributed by atoms with Crippen molar-refractivity contribution in [1.29, 1.82) is 0 Å². The molecule has 0 atom stereocenters. The van der Waals surface area contributed by atoms with Crippen LogP contribution in [0.5, 0.6) is 0 Å². The van der Waals surface area contributed by atoms with E-state index in [0.29, 0.717) is 19.5 Å². The lowest BCUT2D eigenvalue weighted by Crippen LogP contribution is -2.49. The van der Waals surface area contributed by atoms with E-state index < -0.39 is 10.0 Å². The van der Waals surface area contributed by atoms with Crippen LogP contribution in [0.2, 0.25) is 0 Å². The van der Waals surface area contributed by atoms with E-state index in [1.807, 2.05) is 6.92 Å². The molecule has 1 aromatic carbocycles. The van der Waals surface area contributed by atoms with Gasteiger partial charge in [-0.3, -0.25) is 0 Å². The predicted molar refractivity (Wildman–Crippen MR) is 83.8 cm³/mol. The maximum absolute atomic E-state index is 12.1. The number of nitrogens with zero attached hydrogens (tertiary/aromatic N) is 2. The van der Waals surface area contributed by atoms with Crippen molar-refractivity contribution in [3.63, 3.8) is 0 Å². The summed E-state index contributed by atoms with van der Waals surface area (Å²) in [4.78, 5) is 2.29. The van der Waals surface area contributed by atoms with Crippen molar-refractivity contribution in [2.45, 2.75) is 27.2 Å². The molecule has 2 rings (SSSR count). The van der Waals surface area contributed by atoms with Crippen LogP contribution in [0.3, 0.4) is 0 Å². The van der Waals surface area contributed by atoms with Crippen LogP contribution in [0.4, 0.5) is 5.69 Å². The Morgan fingerprint density at radius 1 is 1.10 bits per heavy atom. The zero-order chi connectivity index (χ0) is 14.8. The average molecular weight is 296 g/mol. The maximum Gasteiger partial charge on any atom is 0.214 e. The molecule has 0 spiro atoms. The highest BCUT2D eigenvalue weighted by atomic mass is 32.2. The quantitative estimate of drug-likeness (QED) is 0.855. The Morgan fingerprint density at radius 3 is 2.35 bits per heavy atom. The summed E-state index contributed by atoms with van der Waals surface area (Å²) in [5, 5.41) is 0. The summed E-state index contributed by atoms with van der Waals surface area (Å²) in [6.45, 7) is 8.83. The van der Waals surface area contributed by atoms with E-state index in [1.54, 1.807) is 4.31 Å². The van der Waals surface area contributed by atoms with Crippen molar-refractivity contribution >= 4 is 15.7 Å². The minimum Gasteiger partial charge on any atom is -0.369 e. The smallest absolute Gasteiger partial charge is 0.214 e. The van der Waals surface area contributed by atoms with Gasteiger partial charge in [0.25, 0.3) is 0 Å². The molecule has 20 heavy (non-hydrogen) atoms. The third-order valence-corrected chi connectivity index (χ3v) is 5.88. The average Bonchev–Trinajstić information content (AvgIpc) is 2.42. The van der Waals surface area contributed by atoms with Gasteiger partial charge in [-0.15, -0.1) is 0 Å². The van der Waals surface area contributed by atoms with E-state index in [4.69, 9.17) is 0 Å². The fraction of sp³-hybridized carbons (Fsp3) is 0.600. The summed E-state index contributed by atoms with van der Waals surface area (Å²) in [5.74, 6) is 0.260. The first-order valence-corrected chi connectivity index (χ1v) is 8.85. The van der Waals surface area contributed by atoms with Crippen LogP contribution in [0.25, 0.3) is 0 Å². The van der Waals surface area contributed by atoms with Gasteiger partial charge in [-0.1, -0.05) is 19.1 Å². The summed E-state index contributed by atoms with van der Waals surface area (Å²) in [6.07, 6.45) is 0.680. The molecule has 5 heteroatoms. The van der Waals surface area contributed by atoms with Gasteiger partial charge in [0, 0.05) is 31.9 Å². The van der Waals surface area contributed by atoms with Crippen LogP contribution in [0, 0.1) is 13.8 Å². The number of aryl methyl sites for hydroxylation is 2. The fourth-order valence-electron chi connectivity index (χ4n) is 2.65. The Morgan fingerprint density at radius 2 is 1.75 bits per heavy atom. The molecule has 0 radical (unpaired) electrons. The molecule has 0 aliphatic carbocycles. The second kappa shape index (κ2) is 6.14. The Balaban J connectivity index is 2.06. The lowest BCUT2D eigenvalue weighted by atomic mass is 10.1. The van der Waals surface area contributed by atoms with Crippen LogP contribution in [-0.2, 0) is 10.0 Å². The molecule has 4 nitrogen and oxygen atoms in total. The minimum absolute atomic E-state index is 0.260. The molecule has 1 heterocycles. The van der Waals surface area contributed by atoms with Gasteiger partial charge in [-0.05, 0) is 37.5 Å². The van der Waals surface area contributed by atoms with Crippen molar-refractivity contribution < 1.29 is 8.42 Å². The minimum atomic E-state index is -3.05. The third kappa shape index (κ3) is 3.33. The van der Waals surface area contributed by atoms with Crippen LogP contribution in [-0.4, -0.2) is 44.7 Å². The van der Waals surface area contributed by atoms with E-state index in [9.17, 15) is 8.42 Å². The second-order valence-electron chi connectivity index (χ2n) is 5.49. The summed E-state index contributed by atoms with van der Waals surface area (Å²) in [7, 11) is -3.05. The summed E-state index contributed by atoms with van der Waals surface area (Å²) < 4.78 is 25.8. The fourth-order valence-corrected chi connectivity index (χ4v) is 4.15. The molecule has 0 bridgehead atoms. The van der Waals surface area contributed by atoms with Gasteiger partial charge < -0.3 is 4.90 Å². The third-order valence-electron chi connectivity index (χ3n) is 3.80. The number of sulfonamides is 1. The van der Waals surface area contributed by atoms with Crippen molar-refractivity contribution in [1.82, 2.24) is 4.31 Å². The highest BCUT2D eigenvalue weighted by Gasteiger charge is 2.26. The molecule has 0 unspecified atom stereocenters. The lowest BCUT2D eigenvalue weighted by Gasteiger charge is -2.36. The highest BCUT2D eigenvalue weighted by molar-refractivity contribution is 7.89. The van der Waals surface area contributed by atoms with Crippen molar-refractivity contribution in [2.24, 2.45) is 0 Å². The van der Waals surface area contributed by atoms with Crippen LogP contribution in [0.1, 0.15) is 24.5 Å². The molecule has 1 aliphatic heterocycles. The number of anilines is 1. The molecule has 0 amide bonds. The van der Waals surface area contributed by atoms with Crippen LogP contribution in [0.15, 0.2) is 18.2 Å². The van der Waals surface area contributed by atoms with Crippen molar-refractivity contribution in [2.75, 3.05) is 36.8 Å². The SMILES string of the molecule is CCCS(=O)(=O)N1CCN(c2cc(C)ccc2C)CC1. The number of rotatable bonds is 4. The summed E-state index contributed by atoms with van der Waals surface area (Å²) in [5.41, 5.74) is 3.73. The normalized spacial score (nSPS) is 17.4. The van der Waals surface area contributed by atoms with E-state index >= 15 is 0 Å². The van der Waals surface area contributed by atoms with Gasteiger partial charge in [-0.25, -0.2) is 8.42 Å². The van der Waals surface area contributed by atoms with Crippen LogP contribution >= 0.6 is 0 Å². The first-order valence-electron chi connectivity index (χ1n) is 7.24. The molecule has 1 saturated heterocycles.